The number of nitrogens with zero attached hydrogens (tertiary/aromatic N) is 5. The Morgan fingerprint density at radius 2 is 2.21 bits per heavy atom. The fraction of sp³-hybridized carbons (Fsp3) is 0.188. The number of nitrogens with one attached hydrogen (secondary N) is 1. The summed E-state index contributed by atoms with van der Waals surface area (Å²) in [5, 5.41) is 5.61. The Labute approximate surface area is 143 Å². The predicted octanol–water partition coefficient (Wildman–Crippen LogP) is 2.70. The Morgan fingerprint density at radius 3 is 2.96 bits per heavy atom. The standard InChI is InChI=1S/C16H16N6OS/c1-3-18-14-7-12(19-10-20-14)13-9-24-16(21-13)22(2)15(23)11-5-4-6-17-8-11/h4-10H,3H2,1-2H3,(H,18,19,20). The van der Waals surface area contributed by atoms with Crippen molar-refractivity contribution in [1.29, 1.82) is 0 Å². The van der Waals surface area contributed by atoms with E-state index in [0.717, 1.165) is 12.4 Å². The van der Waals surface area contributed by atoms with Crippen molar-refractivity contribution in [2.75, 3.05) is 23.8 Å². The van der Waals surface area contributed by atoms with Crippen LogP contribution >= 0.6 is 11.3 Å². The second kappa shape index (κ2) is 7.14. The molecule has 0 saturated carbocycles. The Morgan fingerprint density at radius 1 is 1.33 bits per heavy atom. The van der Waals surface area contributed by atoms with Crippen LogP contribution in [0.5, 0.6) is 0 Å². The third kappa shape index (κ3) is 3.38. The van der Waals surface area contributed by atoms with Crippen molar-refractivity contribution in [2.24, 2.45) is 0 Å². The second-order valence-electron chi connectivity index (χ2n) is 4.94. The maximum Gasteiger partial charge on any atom is 0.261 e. The summed E-state index contributed by atoms with van der Waals surface area (Å²) in [7, 11) is 1.70. The molecule has 122 valence electrons. The number of hydrogen-bond acceptors (Lipinski definition) is 7. The summed E-state index contributed by atoms with van der Waals surface area (Å²) in [6, 6.07) is 5.30. The molecule has 0 radical (unpaired) electrons. The van der Waals surface area contributed by atoms with Crippen LogP contribution in [0.1, 0.15) is 17.3 Å². The summed E-state index contributed by atoms with van der Waals surface area (Å²) in [5.74, 6) is 0.594. The number of rotatable bonds is 5. The average molecular weight is 340 g/mol. The highest BCUT2D eigenvalue weighted by Gasteiger charge is 2.17. The van der Waals surface area contributed by atoms with Gasteiger partial charge >= 0.3 is 0 Å². The second-order valence-corrected chi connectivity index (χ2v) is 5.78. The lowest BCUT2D eigenvalue weighted by molar-refractivity contribution is 0.0992. The zero-order chi connectivity index (χ0) is 16.9. The maximum absolute atomic E-state index is 12.4. The van der Waals surface area contributed by atoms with E-state index in [1.807, 2.05) is 18.4 Å². The molecule has 7 nitrogen and oxygen atoms in total. The first kappa shape index (κ1) is 16.0. The topological polar surface area (TPSA) is 83.9 Å². The van der Waals surface area contributed by atoms with Crippen LogP contribution in [0.2, 0.25) is 0 Å². The molecule has 24 heavy (non-hydrogen) atoms. The number of pyridine rings is 1. The molecule has 1 amide bonds. The average Bonchev–Trinajstić information content (AvgIpc) is 3.12. The van der Waals surface area contributed by atoms with Crippen molar-refractivity contribution in [3.05, 3.63) is 47.9 Å². The number of amides is 1. The summed E-state index contributed by atoms with van der Waals surface area (Å²) in [5.41, 5.74) is 1.95. The summed E-state index contributed by atoms with van der Waals surface area (Å²) in [6.45, 7) is 2.78. The summed E-state index contributed by atoms with van der Waals surface area (Å²) >= 11 is 1.39. The van der Waals surface area contributed by atoms with Crippen LogP contribution in [0.3, 0.4) is 0 Å². The molecule has 3 heterocycles. The lowest BCUT2D eigenvalue weighted by atomic mass is 10.2. The van der Waals surface area contributed by atoms with Gasteiger partial charge in [-0.2, -0.15) is 0 Å². The molecular formula is C16H16N6OS. The highest BCUT2D eigenvalue weighted by Crippen LogP contribution is 2.27. The van der Waals surface area contributed by atoms with E-state index >= 15 is 0 Å². The van der Waals surface area contributed by atoms with Gasteiger partial charge in [0.1, 0.15) is 17.8 Å². The van der Waals surface area contributed by atoms with E-state index in [2.05, 4.69) is 25.3 Å². The van der Waals surface area contributed by atoms with Crippen LogP contribution < -0.4 is 10.2 Å². The lowest BCUT2D eigenvalue weighted by Gasteiger charge is -2.13. The van der Waals surface area contributed by atoms with E-state index in [-0.39, 0.29) is 5.91 Å². The quantitative estimate of drug-likeness (QED) is 0.769. The Bertz CT molecular complexity index is 835. The number of carbonyl (C=O) groups excluding carboxylic acids is 1. The predicted molar refractivity (Wildman–Crippen MR) is 94.3 cm³/mol. The van der Waals surface area contributed by atoms with Crippen molar-refractivity contribution in [3.63, 3.8) is 0 Å². The molecule has 3 aromatic heterocycles. The third-order valence-corrected chi connectivity index (χ3v) is 4.20. The molecule has 3 rings (SSSR count). The fourth-order valence-corrected chi connectivity index (χ4v) is 2.86. The van der Waals surface area contributed by atoms with Gasteiger partial charge in [-0.25, -0.2) is 15.0 Å². The van der Waals surface area contributed by atoms with Gasteiger partial charge in [0, 0.05) is 37.4 Å². The summed E-state index contributed by atoms with van der Waals surface area (Å²) in [6.07, 6.45) is 4.67. The van der Waals surface area contributed by atoms with Crippen LogP contribution in [0.25, 0.3) is 11.4 Å². The Balaban J connectivity index is 1.82. The lowest BCUT2D eigenvalue weighted by Crippen LogP contribution is -2.26. The van der Waals surface area contributed by atoms with E-state index in [9.17, 15) is 4.79 Å². The van der Waals surface area contributed by atoms with Crippen molar-refractivity contribution in [2.45, 2.75) is 6.92 Å². The summed E-state index contributed by atoms with van der Waals surface area (Å²) in [4.78, 5) is 30.8. The number of carbonyl (C=O) groups is 1. The van der Waals surface area contributed by atoms with E-state index in [1.54, 1.807) is 31.6 Å². The molecule has 0 aliphatic heterocycles. The first-order valence-electron chi connectivity index (χ1n) is 7.39. The molecule has 0 aromatic carbocycles. The van der Waals surface area contributed by atoms with E-state index in [1.165, 1.54) is 22.6 Å². The van der Waals surface area contributed by atoms with Gasteiger partial charge < -0.3 is 5.32 Å². The highest BCUT2D eigenvalue weighted by molar-refractivity contribution is 7.14. The van der Waals surface area contributed by atoms with Gasteiger partial charge in [-0.1, -0.05) is 0 Å². The van der Waals surface area contributed by atoms with Crippen molar-refractivity contribution >= 4 is 28.2 Å². The minimum absolute atomic E-state index is 0.153. The zero-order valence-corrected chi connectivity index (χ0v) is 14.1. The van der Waals surface area contributed by atoms with Crippen LogP contribution in [0, 0.1) is 0 Å². The zero-order valence-electron chi connectivity index (χ0n) is 13.3. The van der Waals surface area contributed by atoms with Gasteiger partial charge in [0.25, 0.3) is 5.91 Å². The molecule has 8 heteroatoms. The molecular weight excluding hydrogens is 324 g/mol. The molecule has 3 aromatic rings. The van der Waals surface area contributed by atoms with Crippen molar-refractivity contribution in [3.8, 4) is 11.4 Å². The normalized spacial score (nSPS) is 10.4. The number of hydrogen-bond donors (Lipinski definition) is 1. The molecule has 0 aliphatic rings. The Kier molecular flexibility index (Phi) is 4.76. The fourth-order valence-electron chi connectivity index (χ4n) is 2.08. The van der Waals surface area contributed by atoms with Gasteiger partial charge in [0.2, 0.25) is 0 Å². The van der Waals surface area contributed by atoms with Crippen LogP contribution in [-0.4, -0.2) is 39.4 Å². The SMILES string of the molecule is CCNc1cc(-c2csc(N(C)C(=O)c3cccnc3)n2)ncn1. The first-order valence-corrected chi connectivity index (χ1v) is 8.27. The van der Waals surface area contributed by atoms with Gasteiger partial charge in [0.05, 0.1) is 11.3 Å². The third-order valence-electron chi connectivity index (χ3n) is 3.28. The van der Waals surface area contributed by atoms with Crippen molar-refractivity contribution in [1.82, 2.24) is 19.9 Å². The van der Waals surface area contributed by atoms with E-state index in [4.69, 9.17) is 0 Å². The molecule has 0 spiro atoms. The Hall–Kier alpha value is -2.87. The molecule has 0 atom stereocenters. The number of aromatic nitrogens is 4. The van der Waals surface area contributed by atoms with Gasteiger partial charge in [0.15, 0.2) is 5.13 Å². The monoisotopic (exact) mass is 340 g/mol. The first-order chi connectivity index (χ1) is 11.7. The molecule has 0 aliphatic carbocycles. The number of thiazole rings is 1. The van der Waals surface area contributed by atoms with Crippen LogP contribution in [0.4, 0.5) is 10.9 Å². The molecule has 1 N–H and O–H groups in total. The minimum atomic E-state index is -0.153. The van der Waals surface area contributed by atoms with Crippen LogP contribution in [-0.2, 0) is 0 Å². The van der Waals surface area contributed by atoms with Gasteiger partial charge in [-0.05, 0) is 19.1 Å². The number of anilines is 2. The van der Waals surface area contributed by atoms with Gasteiger partial charge in [-0.15, -0.1) is 11.3 Å². The minimum Gasteiger partial charge on any atom is -0.370 e. The van der Waals surface area contributed by atoms with E-state index in [0.29, 0.717) is 22.1 Å². The smallest absolute Gasteiger partial charge is 0.261 e. The van der Waals surface area contributed by atoms with E-state index < -0.39 is 0 Å². The van der Waals surface area contributed by atoms with Crippen molar-refractivity contribution < 1.29 is 4.79 Å². The molecule has 0 saturated heterocycles. The summed E-state index contributed by atoms with van der Waals surface area (Å²) < 4.78 is 0. The molecule has 0 fully saturated rings. The van der Waals surface area contributed by atoms with Gasteiger partial charge in [-0.3, -0.25) is 14.7 Å². The largest absolute Gasteiger partial charge is 0.370 e. The highest BCUT2D eigenvalue weighted by atomic mass is 32.1. The molecule has 0 unspecified atom stereocenters. The maximum atomic E-state index is 12.4. The molecule has 0 bridgehead atoms. The van der Waals surface area contributed by atoms with Crippen LogP contribution in [0.15, 0.2) is 42.3 Å².